The van der Waals surface area contributed by atoms with Crippen LogP contribution in [-0.4, -0.2) is 7.11 Å². The molecule has 3 nitrogen and oxygen atoms in total. The molecule has 0 aliphatic rings. The van der Waals surface area contributed by atoms with E-state index in [9.17, 15) is 4.39 Å². The maximum atomic E-state index is 13.6. The Labute approximate surface area is 119 Å². The van der Waals surface area contributed by atoms with Crippen molar-refractivity contribution in [3.8, 4) is 11.5 Å². The molecule has 2 rings (SSSR count). The molecule has 0 aliphatic carbocycles. The van der Waals surface area contributed by atoms with Gasteiger partial charge in [-0.05, 0) is 39.7 Å². The van der Waals surface area contributed by atoms with E-state index in [0.29, 0.717) is 10.2 Å². The normalized spacial score (nSPS) is 10.3. The molecule has 0 heterocycles. The summed E-state index contributed by atoms with van der Waals surface area (Å²) in [4.78, 5) is 0. The minimum absolute atomic E-state index is 0.164. The number of nitrogen functional groups attached to an aromatic ring is 1. The molecular formula is C14H13BrFNO2. The van der Waals surface area contributed by atoms with Crippen molar-refractivity contribution in [1.29, 1.82) is 0 Å². The Hall–Kier alpha value is -1.75. The van der Waals surface area contributed by atoms with E-state index in [1.807, 2.05) is 24.3 Å². The maximum absolute atomic E-state index is 13.6. The van der Waals surface area contributed by atoms with Gasteiger partial charge in [0.15, 0.2) is 11.6 Å². The largest absolute Gasteiger partial charge is 0.497 e. The molecule has 0 unspecified atom stereocenters. The number of hydrogen-bond donors (Lipinski definition) is 1. The molecule has 0 saturated heterocycles. The zero-order valence-electron chi connectivity index (χ0n) is 10.3. The average molecular weight is 326 g/mol. The quantitative estimate of drug-likeness (QED) is 0.870. The van der Waals surface area contributed by atoms with Crippen molar-refractivity contribution in [2.75, 3.05) is 12.8 Å². The van der Waals surface area contributed by atoms with E-state index >= 15 is 0 Å². The standard InChI is InChI=1S/C14H13BrFNO2/c1-18-10-4-2-9(3-5-10)8-19-14-6-11(15)13(17)7-12(14)16/h2-7H,8,17H2,1H3. The zero-order chi connectivity index (χ0) is 13.8. The highest BCUT2D eigenvalue weighted by atomic mass is 79.9. The molecular weight excluding hydrogens is 313 g/mol. The third kappa shape index (κ3) is 3.38. The Morgan fingerprint density at radius 3 is 2.53 bits per heavy atom. The molecule has 0 amide bonds. The lowest BCUT2D eigenvalue weighted by atomic mass is 10.2. The number of anilines is 1. The second kappa shape index (κ2) is 5.93. The van der Waals surface area contributed by atoms with E-state index in [1.165, 1.54) is 12.1 Å². The van der Waals surface area contributed by atoms with Gasteiger partial charge in [-0.15, -0.1) is 0 Å². The van der Waals surface area contributed by atoms with Crippen molar-refractivity contribution in [3.63, 3.8) is 0 Å². The number of halogens is 2. The summed E-state index contributed by atoms with van der Waals surface area (Å²) in [5.41, 5.74) is 6.84. The summed E-state index contributed by atoms with van der Waals surface area (Å²) in [5, 5.41) is 0. The Morgan fingerprint density at radius 1 is 1.21 bits per heavy atom. The minimum Gasteiger partial charge on any atom is -0.497 e. The van der Waals surface area contributed by atoms with Crippen molar-refractivity contribution in [3.05, 3.63) is 52.3 Å². The first kappa shape index (κ1) is 13.7. The highest BCUT2D eigenvalue weighted by Crippen LogP contribution is 2.28. The van der Waals surface area contributed by atoms with Crippen molar-refractivity contribution in [2.45, 2.75) is 6.61 Å². The summed E-state index contributed by atoms with van der Waals surface area (Å²) in [6, 6.07) is 10.1. The van der Waals surface area contributed by atoms with E-state index in [4.69, 9.17) is 15.2 Å². The van der Waals surface area contributed by atoms with Crippen LogP contribution in [0, 0.1) is 5.82 Å². The number of benzene rings is 2. The van der Waals surface area contributed by atoms with Gasteiger partial charge in [-0.1, -0.05) is 12.1 Å². The number of nitrogens with two attached hydrogens (primary N) is 1. The molecule has 5 heteroatoms. The Bertz CT molecular complexity index is 572. The lowest BCUT2D eigenvalue weighted by molar-refractivity contribution is 0.290. The van der Waals surface area contributed by atoms with Gasteiger partial charge in [-0.2, -0.15) is 0 Å². The van der Waals surface area contributed by atoms with Gasteiger partial charge in [0.2, 0.25) is 0 Å². The topological polar surface area (TPSA) is 44.5 Å². The van der Waals surface area contributed by atoms with Crippen LogP contribution in [-0.2, 0) is 6.61 Å². The van der Waals surface area contributed by atoms with Gasteiger partial charge in [0.05, 0.1) is 7.11 Å². The second-order valence-corrected chi connectivity index (χ2v) is 4.80. The van der Waals surface area contributed by atoms with Crippen LogP contribution in [0.2, 0.25) is 0 Å². The highest BCUT2D eigenvalue weighted by Gasteiger charge is 2.07. The number of methoxy groups -OCH3 is 1. The average Bonchev–Trinajstić information content (AvgIpc) is 2.42. The molecule has 0 fully saturated rings. The van der Waals surface area contributed by atoms with Crippen LogP contribution in [0.25, 0.3) is 0 Å². The Balaban J connectivity index is 2.07. The molecule has 0 bridgehead atoms. The smallest absolute Gasteiger partial charge is 0.167 e. The SMILES string of the molecule is COc1ccc(COc2cc(Br)c(N)cc2F)cc1. The molecule has 2 N–H and O–H groups in total. The van der Waals surface area contributed by atoms with Gasteiger partial charge >= 0.3 is 0 Å². The summed E-state index contributed by atoms with van der Waals surface area (Å²) in [5.74, 6) is 0.455. The summed E-state index contributed by atoms with van der Waals surface area (Å²) >= 11 is 3.24. The number of ether oxygens (including phenoxy) is 2. The van der Waals surface area contributed by atoms with Crippen molar-refractivity contribution >= 4 is 21.6 Å². The van der Waals surface area contributed by atoms with Crippen LogP contribution in [0.5, 0.6) is 11.5 Å². The van der Waals surface area contributed by atoms with E-state index < -0.39 is 5.82 Å². The van der Waals surface area contributed by atoms with Gasteiger partial charge in [0.25, 0.3) is 0 Å². The lowest BCUT2D eigenvalue weighted by Gasteiger charge is -2.09. The summed E-state index contributed by atoms with van der Waals surface area (Å²) in [7, 11) is 1.60. The summed E-state index contributed by atoms with van der Waals surface area (Å²) in [6.07, 6.45) is 0. The van der Waals surface area contributed by atoms with Crippen LogP contribution < -0.4 is 15.2 Å². The first-order valence-corrected chi connectivity index (χ1v) is 6.39. The monoisotopic (exact) mass is 325 g/mol. The first-order valence-electron chi connectivity index (χ1n) is 5.60. The van der Waals surface area contributed by atoms with Gasteiger partial charge < -0.3 is 15.2 Å². The molecule has 19 heavy (non-hydrogen) atoms. The van der Waals surface area contributed by atoms with E-state index in [1.54, 1.807) is 7.11 Å². The Kier molecular flexibility index (Phi) is 4.27. The minimum atomic E-state index is -0.478. The predicted octanol–water partition coefficient (Wildman–Crippen LogP) is 3.76. The summed E-state index contributed by atoms with van der Waals surface area (Å²) in [6.45, 7) is 0.275. The number of rotatable bonds is 4. The van der Waals surface area contributed by atoms with Gasteiger partial charge in [0.1, 0.15) is 12.4 Å². The third-order valence-electron chi connectivity index (χ3n) is 2.60. The fraction of sp³-hybridized carbons (Fsp3) is 0.143. The first-order chi connectivity index (χ1) is 9.10. The van der Waals surface area contributed by atoms with E-state index in [2.05, 4.69) is 15.9 Å². The van der Waals surface area contributed by atoms with Crippen LogP contribution in [0.3, 0.4) is 0 Å². The van der Waals surface area contributed by atoms with Gasteiger partial charge in [0, 0.05) is 16.2 Å². The van der Waals surface area contributed by atoms with Crippen LogP contribution in [0.15, 0.2) is 40.9 Å². The van der Waals surface area contributed by atoms with Gasteiger partial charge in [-0.25, -0.2) is 4.39 Å². The van der Waals surface area contributed by atoms with E-state index in [-0.39, 0.29) is 12.4 Å². The molecule has 0 atom stereocenters. The van der Waals surface area contributed by atoms with Crippen LogP contribution >= 0.6 is 15.9 Å². The van der Waals surface area contributed by atoms with Gasteiger partial charge in [-0.3, -0.25) is 0 Å². The van der Waals surface area contributed by atoms with Crippen molar-refractivity contribution in [1.82, 2.24) is 0 Å². The zero-order valence-corrected chi connectivity index (χ0v) is 11.9. The molecule has 0 aromatic heterocycles. The fourth-order valence-corrected chi connectivity index (χ4v) is 1.86. The highest BCUT2D eigenvalue weighted by molar-refractivity contribution is 9.10. The van der Waals surface area contributed by atoms with Crippen molar-refractivity contribution < 1.29 is 13.9 Å². The molecule has 100 valence electrons. The second-order valence-electron chi connectivity index (χ2n) is 3.94. The lowest BCUT2D eigenvalue weighted by Crippen LogP contribution is -1.99. The molecule has 2 aromatic carbocycles. The molecule has 0 radical (unpaired) electrons. The van der Waals surface area contributed by atoms with Crippen molar-refractivity contribution in [2.24, 2.45) is 0 Å². The fourth-order valence-electron chi connectivity index (χ4n) is 1.54. The predicted molar refractivity (Wildman–Crippen MR) is 75.8 cm³/mol. The molecule has 0 spiro atoms. The molecule has 0 aliphatic heterocycles. The summed E-state index contributed by atoms with van der Waals surface area (Å²) < 4.78 is 24.7. The molecule has 0 saturated carbocycles. The Morgan fingerprint density at radius 2 is 1.89 bits per heavy atom. The third-order valence-corrected chi connectivity index (χ3v) is 3.29. The maximum Gasteiger partial charge on any atom is 0.167 e. The number of hydrogen-bond acceptors (Lipinski definition) is 3. The van der Waals surface area contributed by atoms with E-state index in [0.717, 1.165) is 11.3 Å². The van der Waals surface area contributed by atoms with Crippen LogP contribution in [0.4, 0.5) is 10.1 Å². The van der Waals surface area contributed by atoms with Crippen LogP contribution in [0.1, 0.15) is 5.56 Å². The molecule has 2 aromatic rings.